The lowest BCUT2D eigenvalue weighted by Gasteiger charge is -2.09. The largest absolute Gasteiger partial charge is 0.550 e. The fourth-order valence-corrected chi connectivity index (χ4v) is 4.61. The van der Waals surface area contributed by atoms with Crippen molar-refractivity contribution in [2.45, 2.75) is 47.8 Å². The number of hydrogen-bond donors (Lipinski definition) is 0. The molecule has 3 rings (SSSR count). The topological polar surface area (TPSA) is 49.4 Å². The Hall–Kier alpha value is -2.72. The lowest BCUT2D eigenvalue weighted by Crippen LogP contribution is -2.19. The van der Waals surface area contributed by atoms with E-state index in [4.69, 9.17) is 4.74 Å². The molecule has 0 bridgehead atoms. The lowest BCUT2D eigenvalue weighted by molar-refractivity contribution is -0.305. The molecule has 0 radical (unpaired) electrons. The standard InChI is InChI=1S/C22H23OS.C3H6O2/c1-2-3-18-23-19-14-16-22(17-15-19)24(20-10-6-4-7-11-20)21-12-8-5-9-13-21;1-2-3(4)5/h4-17H,2-3,18H2,1H3;2H2,1H3,(H,4,5)/q+1;/p-1. The molecule has 0 heterocycles. The van der Waals surface area contributed by atoms with Crippen LogP contribution in [0.25, 0.3) is 0 Å². The van der Waals surface area contributed by atoms with Gasteiger partial charge in [0, 0.05) is 5.97 Å². The third-order valence-electron chi connectivity index (χ3n) is 4.07. The van der Waals surface area contributed by atoms with Crippen molar-refractivity contribution in [2.24, 2.45) is 0 Å². The molecule has 0 atom stereocenters. The van der Waals surface area contributed by atoms with Gasteiger partial charge in [0.25, 0.3) is 0 Å². The number of rotatable bonds is 8. The van der Waals surface area contributed by atoms with E-state index >= 15 is 0 Å². The highest BCUT2D eigenvalue weighted by Crippen LogP contribution is 2.31. The first kappa shape index (κ1) is 22.6. The first-order valence-electron chi connectivity index (χ1n) is 9.92. The molecular weight excluding hydrogens is 380 g/mol. The summed E-state index contributed by atoms with van der Waals surface area (Å²) in [6.45, 7) is 4.51. The Morgan fingerprint density at radius 1 is 0.793 bits per heavy atom. The van der Waals surface area contributed by atoms with Gasteiger partial charge in [0.2, 0.25) is 0 Å². The van der Waals surface area contributed by atoms with E-state index in [1.807, 2.05) is 0 Å². The summed E-state index contributed by atoms with van der Waals surface area (Å²) < 4.78 is 5.80. The molecule has 0 aliphatic heterocycles. The molecule has 3 nitrogen and oxygen atoms in total. The molecule has 0 saturated heterocycles. The van der Waals surface area contributed by atoms with Crippen LogP contribution in [0.5, 0.6) is 5.75 Å². The van der Waals surface area contributed by atoms with Crippen LogP contribution in [0.1, 0.15) is 33.1 Å². The summed E-state index contributed by atoms with van der Waals surface area (Å²) >= 11 is 0. The number of carboxylic acids is 1. The van der Waals surface area contributed by atoms with Crippen LogP contribution in [0.3, 0.4) is 0 Å². The van der Waals surface area contributed by atoms with Crippen molar-refractivity contribution in [3.63, 3.8) is 0 Å². The molecule has 29 heavy (non-hydrogen) atoms. The molecule has 0 fully saturated rings. The Morgan fingerprint density at radius 2 is 1.24 bits per heavy atom. The monoisotopic (exact) mass is 408 g/mol. The van der Waals surface area contributed by atoms with Crippen LogP contribution in [0.4, 0.5) is 0 Å². The average molecular weight is 409 g/mol. The highest BCUT2D eigenvalue weighted by atomic mass is 32.2. The van der Waals surface area contributed by atoms with Crippen LogP contribution in [0.2, 0.25) is 0 Å². The Bertz CT molecular complexity index is 793. The van der Waals surface area contributed by atoms with Crippen LogP contribution >= 0.6 is 0 Å². The zero-order valence-electron chi connectivity index (χ0n) is 17.0. The summed E-state index contributed by atoms with van der Waals surface area (Å²) in [5.41, 5.74) is 0. The molecule has 0 saturated carbocycles. The maximum Gasteiger partial charge on any atom is 0.166 e. The summed E-state index contributed by atoms with van der Waals surface area (Å²) in [5, 5.41) is 9.26. The number of unbranched alkanes of at least 4 members (excludes halogenated alkanes) is 1. The number of hydrogen-bond acceptors (Lipinski definition) is 3. The van der Waals surface area contributed by atoms with Gasteiger partial charge in [0.1, 0.15) is 5.75 Å². The Morgan fingerprint density at radius 3 is 1.66 bits per heavy atom. The van der Waals surface area contributed by atoms with Crippen molar-refractivity contribution in [3.8, 4) is 5.75 Å². The number of ether oxygens (including phenoxy) is 1. The van der Waals surface area contributed by atoms with Gasteiger partial charge in [-0.2, -0.15) is 0 Å². The number of carbonyl (C=O) groups excluding carboxylic acids is 1. The van der Waals surface area contributed by atoms with Gasteiger partial charge in [-0.05, 0) is 61.4 Å². The maximum atomic E-state index is 9.26. The zero-order valence-corrected chi connectivity index (χ0v) is 17.9. The van der Waals surface area contributed by atoms with Gasteiger partial charge in [-0.1, -0.05) is 56.7 Å². The molecule has 3 aromatic carbocycles. The van der Waals surface area contributed by atoms with Crippen LogP contribution in [0.15, 0.2) is 99.6 Å². The highest BCUT2D eigenvalue weighted by molar-refractivity contribution is 7.97. The fraction of sp³-hybridized carbons (Fsp3) is 0.240. The van der Waals surface area contributed by atoms with Crippen molar-refractivity contribution in [2.75, 3.05) is 6.61 Å². The van der Waals surface area contributed by atoms with E-state index in [1.54, 1.807) is 0 Å². The minimum Gasteiger partial charge on any atom is -0.550 e. The molecule has 0 amide bonds. The fourth-order valence-electron chi connectivity index (χ4n) is 2.53. The molecule has 0 aliphatic carbocycles. The second-order valence-electron chi connectivity index (χ2n) is 6.33. The van der Waals surface area contributed by atoms with Gasteiger partial charge in [-0.25, -0.2) is 0 Å². The van der Waals surface area contributed by atoms with Gasteiger partial charge in [0.15, 0.2) is 14.7 Å². The molecule has 0 unspecified atom stereocenters. The van der Waals surface area contributed by atoms with E-state index in [2.05, 4.69) is 91.9 Å². The van der Waals surface area contributed by atoms with Crippen molar-refractivity contribution in [1.82, 2.24) is 0 Å². The molecule has 152 valence electrons. The number of benzene rings is 3. The van der Waals surface area contributed by atoms with Crippen LogP contribution in [0, 0.1) is 0 Å². The van der Waals surface area contributed by atoms with Gasteiger partial charge < -0.3 is 14.6 Å². The number of carboxylic acid groups (broad SMARTS) is 1. The van der Waals surface area contributed by atoms with Crippen molar-refractivity contribution in [3.05, 3.63) is 84.9 Å². The Kier molecular flexibility index (Phi) is 9.87. The van der Waals surface area contributed by atoms with Gasteiger partial charge in [-0.15, -0.1) is 0 Å². The second kappa shape index (κ2) is 12.7. The van der Waals surface area contributed by atoms with Crippen LogP contribution in [-0.2, 0) is 15.7 Å². The zero-order chi connectivity index (χ0) is 20.9. The van der Waals surface area contributed by atoms with Crippen molar-refractivity contribution < 1.29 is 14.6 Å². The second-order valence-corrected chi connectivity index (χ2v) is 8.36. The molecule has 3 aromatic rings. The minimum atomic E-state index is -0.995. The van der Waals surface area contributed by atoms with Gasteiger partial charge >= 0.3 is 0 Å². The molecular formula is C25H28O3S. The van der Waals surface area contributed by atoms with E-state index in [0.29, 0.717) is 0 Å². The molecule has 0 N–H and O–H groups in total. The minimum absolute atomic E-state index is 0.0858. The quantitative estimate of drug-likeness (QED) is 0.384. The van der Waals surface area contributed by atoms with Crippen molar-refractivity contribution >= 4 is 16.9 Å². The Labute approximate surface area is 176 Å². The number of aliphatic carboxylic acids is 1. The third-order valence-corrected chi connectivity index (χ3v) is 6.30. The van der Waals surface area contributed by atoms with E-state index in [0.717, 1.165) is 25.2 Å². The average Bonchev–Trinajstić information content (AvgIpc) is 2.77. The van der Waals surface area contributed by atoms with E-state index < -0.39 is 5.97 Å². The van der Waals surface area contributed by atoms with Gasteiger partial charge in [-0.3, -0.25) is 0 Å². The van der Waals surface area contributed by atoms with E-state index in [9.17, 15) is 9.90 Å². The van der Waals surface area contributed by atoms with Crippen LogP contribution < -0.4 is 9.84 Å². The first-order chi connectivity index (χ1) is 14.2. The summed E-state index contributed by atoms with van der Waals surface area (Å²) in [6.07, 6.45) is 2.36. The normalized spacial score (nSPS) is 10.2. The van der Waals surface area contributed by atoms with E-state index in [1.165, 1.54) is 21.6 Å². The predicted octanol–water partition coefficient (Wildman–Crippen LogP) is 5.11. The molecule has 0 aromatic heterocycles. The summed E-state index contributed by atoms with van der Waals surface area (Å²) in [6, 6.07) is 30.0. The maximum absolute atomic E-state index is 9.26. The van der Waals surface area contributed by atoms with E-state index in [-0.39, 0.29) is 17.3 Å². The van der Waals surface area contributed by atoms with Crippen LogP contribution in [-0.4, -0.2) is 12.6 Å². The first-order valence-corrected chi connectivity index (χ1v) is 11.1. The Balaban J connectivity index is 0.000000537. The predicted molar refractivity (Wildman–Crippen MR) is 117 cm³/mol. The molecule has 0 aliphatic rings. The van der Waals surface area contributed by atoms with Crippen molar-refractivity contribution in [1.29, 1.82) is 0 Å². The van der Waals surface area contributed by atoms with Gasteiger partial charge in [0.05, 0.1) is 17.5 Å². The highest BCUT2D eigenvalue weighted by Gasteiger charge is 2.28. The SMILES string of the molecule is CCC(=O)[O-].CCCCOc1ccc([S+](c2ccccc2)c2ccccc2)cc1. The lowest BCUT2D eigenvalue weighted by atomic mass is 10.3. The molecule has 0 spiro atoms. The third kappa shape index (κ3) is 7.66. The summed E-state index contributed by atoms with van der Waals surface area (Å²) in [5.74, 6) is -0.0399. The number of carbonyl (C=O) groups is 1. The summed E-state index contributed by atoms with van der Waals surface area (Å²) in [4.78, 5) is 13.2. The molecule has 4 heteroatoms. The summed E-state index contributed by atoms with van der Waals surface area (Å²) in [7, 11) is -0.0858. The smallest absolute Gasteiger partial charge is 0.166 e.